The zero-order valence-corrected chi connectivity index (χ0v) is 20.1. The lowest BCUT2D eigenvalue weighted by molar-refractivity contribution is 0.353. The van der Waals surface area contributed by atoms with Crippen molar-refractivity contribution in [3.05, 3.63) is 34.9 Å². The van der Waals surface area contributed by atoms with Crippen molar-refractivity contribution >= 4 is 51.4 Å². The van der Waals surface area contributed by atoms with Crippen LogP contribution >= 0.6 is 35.6 Å². The standard InChI is InChI=1S/C19H28ClN3O2S.HI/c1-4-21-17(23-11-12-26(24,25)18(2,3)14-23)22-13-19(9-10-19)15-5-7-16(20)8-6-15;/h5-8H,4,9-14H2,1-3H3,(H,21,22);1H. The first kappa shape index (κ1) is 22.7. The van der Waals surface area contributed by atoms with Gasteiger partial charge in [-0.2, -0.15) is 0 Å². The van der Waals surface area contributed by atoms with Gasteiger partial charge in [-0.25, -0.2) is 8.42 Å². The third-order valence-electron chi connectivity index (χ3n) is 5.52. The van der Waals surface area contributed by atoms with Gasteiger partial charge in [-0.1, -0.05) is 23.7 Å². The highest BCUT2D eigenvalue weighted by atomic mass is 127. The number of guanidine groups is 1. The Morgan fingerprint density at radius 2 is 1.89 bits per heavy atom. The molecule has 0 unspecified atom stereocenters. The van der Waals surface area contributed by atoms with Crippen LogP contribution in [0.4, 0.5) is 0 Å². The van der Waals surface area contributed by atoms with E-state index in [4.69, 9.17) is 16.6 Å². The van der Waals surface area contributed by atoms with Crippen molar-refractivity contribution in [3.63, 3.8) is 0 Å². The second-order valence-electron chi connectivity index (χ2n) is 7.96. The van der Waals surface area contributed by atoms with E-state index in [2.05, 4.69) is 22.3 Å². The minimum absolute atomic E-state index is 0. The first-order valence-corrected chi connectivity index (χ1v) is 11.2. The Morgan fingerprint density at radius 1 is 1.26 bits per heavy atom. The molecule has 5 nitrogen and oxygen atoms in total. The fraction of sp³-hybridized carbons (Fsp3) is 0.632. The lowest BCUT2D eigenvalue weighted by Crippen LogP contribution is -2.57. The van der Waals surface area contributed by atoms with Crippen molar-refractivity contribution in [2.24, 2.45) is 4.99 Å². The summed E-state index contributed by atoms with van der Waals surface area (Å²) in [6.45, 7) is 8.06. The molecule has 1 saturated carbocycles. The normalized spacial score (nSPS) is 22.7. The number of benzene rings is 1. The van der Waals surface area contributed by atoms with Gasteiger partial charge < -0.3 is 10.2 Å². The second-order valence-corrected chi connectivity index (χ2v) is 11.1. The molecular formula is C19H29ClIN3O2S. The van der Waals surface area contributed by atoms with Crippen molar-refractivity contribution in [2.75, 3.05) is 31.9 Å². The minimum Gasteiger partial charge on any atom is -0.357 e. The molecule has 152 valence electrons. The highest BCUT2D eigenvalue weighted by Gasteiger charge is 2.45. The van der Waals surface area contributed by atoms with Crippen molar-refractivity contribution in [1.82, 2.24) is 10.2 Å². The van der Waals surface area contributed by atoms with Gasteiger partial charge >= 0.3 is 0 Å². The summed E-state index contributed by atoms with van der Waals surface area (Å²) in [5.74, 6) is 0.989. The van der Waals surface area contributed by atoms with Crippen LogP contribution in [0.5, 0.6) is 0 Å². The maximum Gasteiger partial charge on any atom is 0.194 e. The quantitative estimate of drug-likeness (QED) is 0.372. The minimum atomic E-state index is -3.06. The predicted octanol–water partition coefficient (Wildman–Crippen LogP) is 3.46. The van der Waals surface area contributed by atoms with E-state index in [0.717, 1.165) is 30.4 Å². The predicted molar refractivity (Wildman–Crippen MR) is 123 cm³/mol. The van der Waals surface area contributed by atoms with Gasteiger partial charge in [0.1, 0.15) is 0 Å². The van der Waals surface area contributed by atoms with Crippen molar-refractivity contribution in [1.29, 1.82) is 0 Å². The highest BCUT2D eigenvalue weighted by molar-refractivity contribution is 14.0. The van der Waals surface area contributed by atoms with E-state index >= 15 is 0 Å². The Hall–Kier alpha value is -0.540. The van der Waals surface area contributed by atoms with Crippen molar-refractivity contribution < 1.29 is 8.42 Å². The zero-order chi connectivity index (χ0) is 19.0. The molecule has 1 heterocycles. The van der Waals surface area contributed by atoms with Gasteiger partial charge in [0.05, 0.1) is 17.0 Å². The smallest absolute Gasteiger partial charge is 0.194 e. The molecule has 1 aromatic carbocycles. The summed E-state index contributed by atoms with van der Waals surface area (Å²) in [5.41, 5.74) is 1.38. The first-order chi connectivity index (χ1) is 12.2. The molecule has 8 heteroatoms. The van der Waals surface area contributed by atoms with E-state index in [1.807, 2.05) is 19.1 Å². The van der Waals surface area contributed by atoms with Crippen LogP contribution in [0.3, 0.4) is 0 Å². The Balaban J connectivity index is 0.00000261. The molecule has 1 aromatic rings. The molecule has 2 aliphatic rings. The number of halogens is 2. The summed E-state index contributed by atoms with van der Waals surface area (Å²) >= 11 is 6.01. The molecule has 0 amide bonds. The fourth-order valence-corrected chi connectivity index (χ4v) is 4.96. The van der Waals surface area contributed by atoms with Crippen LogP contribution in [0, 0.1) is 0 Å². The second kappa shape index (κ2) is 8.45. The number of aliphatic imine (C=N–C) groups is 1. The van der Waals surface area contributed by atoms with Crippen molar-refractivity contribution in [3.8, 4) is 0 Å². The topological polar surface area (TPSA) is 61.8 Å². The van der Waals surface area contributed by atoms with Crippen LogP contribution in [-0.2, 0) is 15.3 Å². The SMILES string of the molecule is CCNC(=NCC1(c2ccc(Cl)cc2)CC1)N1CCS(=O)(=O)C(C)(C)C1.I. The van der Waals surface area contributed by atoms with Gasteiger partial charge in [0, 0.05) is 30.1 Å². The number of sulfone groups is 1. The monoisotopic (exact) mass is 525 g/mol. The first-order valence-electron chi connectivity index (χ1n) is 9.21. The number of hydrogen-bond donors (Lipinski definition) is 1. The molecule has 1 N–H and O–H groups in total. The summed E-state index contributed by atoms with van der Waals surface area (Å²) in [6, 6.07) is 8.05. The molecule has 3 rings (SSSR count). The maximum atomic E-state index is 12.3. The third-order valence-corrected chi connectivity index (χ3v) is 8.30. The van der Waals surface area contributed by atoms with Gasteiger partial charge in [-0.3, -0.25) is 4.99 Å². The fourth-order valence-electron chi connectivity index (χ4n) is 3.47. The lowest BCUT2D eigenvalue weighted by Gasteiger charge is -2.39. The van der Waals surface area contributed by atoms with Gasteiger partial charge in [0.15, 0.2) is 15.8 Å². The van der Waals surface area contributed by atoms with Crippen molar-refractivity contribution in [2.45, 2.75) is 43.8 Å². The Bertz CT molecular complexity index is 790. The van der Waals surface area contributed by atoms with Gasteiger partial charge in [0.25, 0.3) is 0 Å². The molecule has 1 saturated heterocycles. The number of rotatable bonds is 4. The van der Waals surface area contributed by atoms with E-state index in [9.17, 15) is 8.42 Å². The Labute approximate surface area is 184 Å². The third kappa shape index (κ3) is 4.90. The summed E-state index contributed by atoms with van der Waals surface area (Å²) in [7, 11) is -3.06. The van der Waals surface area contributed by atoms with E-state index in [0.29, 0.717) is 19.6 Å². The van der Waals surface area contributed by atoms with Crippen LogP contribution in [0.15, 0.2) is 29.3 Å². The van der Waals surface area contributed by atoms with E-state index in [1.54, 1.807) is 13.8 Å². The van der Waals surface area contributed by atoms with Crippen LogP contribution in [0.2, 0.25) is 5.02 Å². The Kier molecular flexibility index (Phi) is 7.12. The molecular weight excluding hydrogens is 497 g/mol. The average Bonchev–Trinajstić information content (AvgIpc) is 3.36. The summed E-state index contributed by atoms with van der Waals surface area (Å²) in [6.07, 6.45) is 2.24. The van der Waals surface area contributed by atoms with Gasteiger partial charge in [-0.15, -0.1) is 24.0 Å². The van der Waals surface area contributed by atoms with E-state index in [-0.39, 0.29) is 35.1 Å². The van der Waals surface area contributed by atoms with Crippen LogP contribution in [-0.4, -0.2) is 56.0 Å². The molecule has 2 fully saturated rings. The number of nitrogens with zero attached hydrogens (tertiary/aromatic N) is 2. The summed E-state index contributed by atoms with van der Waals surface area (Å²) < 4.78 is 23.8. The zero-order valence-electron chi connectivity index (χ0n) is 16.2. The molecule has 0 atom stereocenters. The molecule has 27 heavy (non-hydrogen) atoms. The molecule has 0 bridgehead atoms. The molecule has 1 aliphatic carbocycles. The average molecular weight is 526 g/mol. The van der Waals surface area contributed by atoms with E-state index < -0.39 is 14.6 Å². The highest BCUT2D eigenvalue weighted by Crippen LogP contribution is 2.48. The van der Waals surface area contributed by atoms with Gasteiger partial charge in [-0.05, 0) is 51.3 Å². The largest absolute Gasteiger partial charge is 0.357 e. The van der Waals surface area contributed by atoms with Crippen LogP contribution in [0.25, 0.3) is 0 Å². The lowest BCUT2D eigenvalue weighted by atomic mass is 9.96. The van der Waals surface area contributed by atoms with E-state index in [1.165, 1.54) is 5.56 Å². The van der Waals surface area contributed by atoms with Gasteiger partial charge in [0.2, 0.25) is 0 Å². The molecule has 0 radical (unpaired) electrons. The number of nitrogens with one attached hydrogen (secondary N) is 1. The number of hydrogen-bond acceptors (Lipinski definition) is 3. The maximum absolute atomic E-state index is 12.3. The summed E-state index contributed by atoms with van der Waals surface area (Å²) in [4.78, 5) is 6.97. The summed E-state index contributed by atoms with van der Waals surface area (Å²) in [5, 5.41) is 4.09. The molecule has 1 aliphatic heterocycles. The Morgan fingerprint density at radius 3 is 2.41 bits per heavy atom. The molecule has 0 spiro atoms. The van der Waals surface area contributed by atoms with Crippen LogP contribution in [0.1, 0.15) is 39.2 Å². The van der Waals surface area contributed by atoms with Crippen LogP contribution < -0.4 is 5.32 Å². The molecule has 0 aromatic heterocycles.